The average molecular weight is 554 g/mol. The van der Waals surface area contributed by atoms with Crippen molar-refractivity contribution in [3.63, 3.8) is 0 Å². The van der Waals surface area contributed by atoms with E-state index in [1.54, 1.807) is 6.07 Å². The number of phenolic OH excluding ortho intramolecular Hbond substituents is 1. The number of rotatable bonds is 6. The Morgan fingerprint density at radius 3 is 2.42 bits per heavy atom. The van der Waals surface area contributed by atoms with Crippen LogP contribution in [0.15, 0.2) is 23.0 Å². The number of fused-ring (bicyclic) bond motifs is 3. The van der Waals surface area contributed by atoms with Crippen LogP contribution in [0.2, 0.25) is 0 Å². The van der Waals surface area contributed by atoms with Gasteiger partial charge in [0.25, 0.3) is 5.91 Å². The largest absolute Gasteiger partial charge is 0.508 e. The zero-order valence-electron chi connectivity index (χ0n) is 23.4. The quantitative estimate of drug-likeness (QED) is 0.333. The summed E-state index contributed by atoms with van der Waals surface area (Å²) in [5.41, 5.74) is 4.40. The van der Waals surface area contributed by atoms with Gasteiger partial charge in [0.05, 0.1) is 5.56 Å². The Morgan fingerprint density at radius 1 is 1.15 bits per heavy atom. The number of phenols is 1. The Hall–Kier alpha value is -3.37. The Morgan fingerprint density at radius 2 is 1.82 bits per heavy atom. The van der Waals surface area contributed by atoms with Crippen molar-refractivity contribution in [3.8, 4) is 5.75 Å². The van der Waals surface area contributed by atoms with Crippen molar-refractivity contribution < 1.29 is 34.8 Å². The van der Waals surface area contributed by atoms with Gasteiger partial charge in [0.1, 0.15) is 22.8 Å². The Bertz CT molecular complexity index is 1340. The molecule has 10 heteroatoms. The number of hydrogen-bond donors (Lipinski definition) is 5. The molecule has 40 heavy (non-hydrogen) atoms. The molecule has 1 saturated carbocycles. The minimum atomic E-state index is -2.56. The summed E-state index contributed by atoms with van der Waals surface area (Å²) in [6, 6.07) is 1.63. The highest BCUT2D eigenvalue weighted by molar-refractivity contribution is 6.22. The maximum Gasteiger partial charge on any atom is 0.255 e. The molecule has 0 radical (unpaired) electrons. The molecule has 1 unspecified atom stereocenters. The van der Waals surface area contributed by atoms with Crippen LogP contribution in [-0.4, -0.2) is 75.6 Å². The molecule has 3 aliphatic carbocycles. The number of carbonyl (C=O) groups excluding carboxylic acids is 3. The minimum absolute atomic E-state index is 0.117. The number of aliphatic hydroxyl groups excluding tert-OH is 2. The standard InChI is InChI=1S/C30H39N3O7/c1-4-5-15-6-8-33(9-7-15)14-17-12-20(34)23-19(25(17)32(2)3)11-16-10-18-13-21(35)24(29(31)39)28(38)30(18,40)27(37)22(16)26(23)36/h12,15-16,18,34,36,38,40H,4-11,13-14H2,1-3H3,(H2,31,39)/t16?,18-,30-/m0/s1. The lowest BCUT2D eigenvalue weighted by Gasteiger charge is -2.46. The molecule has 1 heterocycles. The van der Waals surface area contributed by atoms with Crippen LogP contribution in [0, 0.1) is 17.8 Å². The van der Waals surface area contributed by atoms with Crippen LogP contribution in [0.5, 0.6) is 5.75 Å². The lowest BCUT2D eigenvalue weighted by molar-refractivity contribution is -0.147. The number of Topliss-reactive ketones (excluding diaryl/α,β-unsaturated/α-hetero) is 2. The first-order valence-electron chi connectivity index (χ1n) is 14.1. The van der Waals surface area contributed by atoms with Crippen LogP contribution >= 0.6 is 0 Å². The van der Waals surface area contributed by atoms with Crippen LogP contribution in [0.25, 0.3) is 5.76 Å². The van der Waals surface area contributed by atoms with Crippen molar-refractivity contribution in [2.45, 2.75) is 64.0 Å². The monoisotopic (exact) mass is 553 g/mol. The van der Waals surface area contributed by atoms with Gasteiger partial charge in [-0.15, -0.1) is 0 Å². The smallest absolute Gasteiger partial charge is 0.255 e. The SMILES string of the molecule is CCCC1CCN(Cc2cc(O)c3c(c2N(C)C)CC2C[C@H]4CC(=O)C(C(N)=O)=C(O)[C@@]4(O)C(=O)C2=C3O)CC1. The molecule has 6 N–H and O–H groups in total. The van der Waals surface area contributed by atoms with E-state index < -0.39 is 52.0 Å². The lowest BCUT2D eigenvalue weighted by Crippen LogP contribution is -2.58. The number of ketones is 2. The van der Waals surface area contributed by atoms with Gasteiger partial charge in [-0.1, -0.05) is 19.8 Å². The summed E-state index contributed by atoms with van der Waals surface area (Å²) in [7, 11) is 3.80. The zero-order chi connectivity index (χ0) is 29.1. The van der Waals surface area contributed by atoms with Gasteiger partial charge in [0.15, 0.2) is 11.4 Å². The molecule has 1 aliphatic heterocycles. The number of nitrogens with two attached hydrogens (primary N) is 1. The van der Waals surface area contributed by atoms with Crippen molar-refractivity contribution in [2.75, 3.05) is 32.1 Å². The molecule has 1 aromatic carbocycles. The summed E-state index contributed by atoms with van der Waals surface area (Å²) in [5, 5.41) is 44.7. The Kier molecular flexibility index (Phi) is 7.20. The molecule has 1 aromatic rings. The number of anilines is 1. The molecule has 3 atom stereocenters. The van der Waals surface area contributed by atoms with Gasteiger partial charge < -0.3 is 31.1 Å². The highest BCUT2D eigenvalue weighted by atomic mass is 16.3. The van der Waals surface area contributed by atoms with Gasteiger partial charge in [-0.25, -0.2) is 0 Å². The number of nitrogens with zero attached hydrogens (tertiary/aromatic N) is 2. The molecule has 0 aromatic heterocycles. The predicted octanol–water partition coefficient (Wildman–Crippen LogP) is 2.50. The summed E-state index contributed by atoms with van der Waals surface area (Å²) in [4.78, 5) is 42.5. The molecule has 4 aliphatic rings. The number of aromatic hydroxyl groups is 1. The summed E-state index contributed by atoms with van der Waals surface area (Å²) in [6.45, 7) is 4.80. The van der Waals surface area contributed by atoms with Crippen LogP contribution in [0.4, 0.5) is 5.69 Å². The second-order valence-corrected chi connectivity index (χ2v) is 12.1. The first-order chi connectivity index (χ1) is 18.9. The fraction of sp³-hybridized carbons (Fsp3) is 0.567. The third-order valence-corrected chi connectivity index (χ3v) is 9.36. The van der Waals surface area contributed by atoms with E-state index in [0.29, 0.717) is 18.5 Å². The zero-order valence-corrected chi connectivity index (χ0v) is 23.4. The maximum absolute atomic E-state index is 13.7. The van der Waals surface area contributed by atoms with Gasteiger partial charge in [0, 0.05) is 44.2 Å². The number of amides is 1. The molecule has 0 bridgehead atoms. The number of aliphatic hydroxyl groups is 3. The molecule has 216 valence electrons. The Labute approximate surface area is 233 Å². The summed E-state index contributed by atoms with van der Waals surface area (Å²) in [5.74, 6) is -5.42. The second kappa shape index (κ2) is 10.2. The molecule has 5 rings (SSSR count). The van der Waals surface area contributed by atoms with E-state index >= 15 is 0 Å². The first kappa shape index (κ1) is 28.2. The summed E-state index contributed by atoms with van der Waals surface area (Å²) in [6.07, 6.45) is 4.78. The lowest BCUT2D eigenvalue weighted by atomic mass is 9.59. The molecule has 1 amide bonds. The number of likely N-dealkylation sites (tertiary alicyclic amines) is 1. The van der Waals surface area contributed by atoms with Crippen LogP contribution in [-0.2, 0) is 27.3 Å². The fourth-order valence-electron chi connectivity index (χ4n) is 7.51. The second-order valence-electron chi connectivity index (χ2n) is 12.1. The van der Waals surface area contributed by atoms with E-state index in [9.17, 15) is 34.8 Å². The van der Waals surface area contributed by atoms with Crippen molar-refractivity contribution in [2.24, 2.45) is 23.5 Å². The van der Waals surface area contributed by atoms with Gasteiger partial charge >= 0.3 is 0 Å². The van der Waals surface area contributed by atoms with Crippen molar-refractivity contribution in [1.82, 2.24) is 4.90 Å². The van der Waals surface area contributed by atoms with Crippen molar-refractivity contribution in [3.05, 3.63) is 39.7 Å². The number of carbonyl (C=O) groups is 3. The maximum atomic E-state index is 13.7. The van der Waals surface area contributed by atoms with Crippen molar-refractivity contribution in [1.29, 1.82) is 0 Å². The molecular formula is C30H39N3O7. The van der Waals surface area contributed by atoms with Gasteiger partial charge in [-0.2, -0.15) is 0 Å². The molecule has 0 spiro atoms. The van der Waals surface area contributed by atoms with Crippen LogP contribution in [0.3, 0.4) is 0 Å². The van der Waals surface area contributed by atoms with Crippen LogP contribution < -0.4 is 10.6 Å². The minimum Gasteiger partial charge on any atom is -0.508 e. The topological polar surface area (TPSA) is 165 Å². The molecular weight excluding hydrogens is 514 g/mol. The van der Waals surface area contributed by atoms with Gasteiger partial charge in [-0.3, -0.25) is 19.3 Å². The first-order valence-corrected chi connectivity index (χ1v) is 14.1. The number of piperidine rings is 1. The number of primary amides is 1. The van der Waals surface area contributed by atoms with E-state index in [-0.39, 0.29) is 29.7 Å². The van der Waals surface area contributed by atoms with Gasteiger partial charge in [0.2, 0.25) is 5.78 Å². The molecule has 10 nitrogen and oxygen atoms in total. The number of benzene rings is 1. The Balaban J connectivity index is 1.56. The van der Waals surface area contributed by atoms with E-state index in [1.807, 2.05) is 19.0 Å². The van der Waals surface area contributed by atoms with E-state index in [0.717, 1.165) is 43.1 Å². The summed E-state index contributed by atoms with van der Waals surface area (Å²) < 4.78 is 0. The molecule has 2 fully saturated rings. The third kappa shape index (κ3) is 4.28. The fourth-order valence-corrected chi connectivity index (χ4v) is 7.51. The van der Waals surface area contributed by atoms with Crippen LogP contribution in [0.1, 0.15) is 62.1 Å². The van der Waals surface area contributed by atoms with E-state index in [1.165, 1.54) is 12.8 Å². The highest BCUT2D eigenvalue weighted by Crippen LogP contribution is 2.53. The summed E-state index contributed by atoms with van der Waals surface area (Å²) >= 11 is 0. The predicted molar refractivity (Wildman–Crippen MR) is 149 cm³/mol. The third-order valence-electron chi connectivity index (χ3n) is 9.36. The molecule has 1 saturated heterocycles. The highest BCUT2D eigenvalue weighted by Gasteiger charge is 2.60. The van der Waals surface area contributed by atoms with Crippen molar-refractivity contribution >= 4 is 28.9 Å². The average Bonchev–Trinajstić information content (AvgIpc) is 2.87. The van der Waals surface area contributed by atoms with Gasteiger partial charge in [-0.05, 0) is 67.8 Å². The number of hydrogen-bond acceptors (Lipinski definition) is 9. The van der Waals surface area contributed by atoms with E-state index in [4.69, 9.17) is 5.73 Å². The van der Waals surface area contributed by atoms with E-state index in [2.05, 4.69) is 11.8 Å². The normalized spacial score (nSPS) is 27.4.